The van der Waals surface area contributed by atoms with Gasteiger partial charge in [-0.3, -0.25) is 9.69 Å². The van der Waals surface area contributed by atoms with Gasteiger partial charge in [0, 0.05) is 38.8 Å². The largest absolute Gasteiger partial charge is 0.457 e. The predicted molar refractivity (Wildman–Crippen MR) is 124 cm³/mol. The van der Waals surface area contributed by atoms with Gasteiger partial charge in [0.05, 0.1) is 22.4 Å². The van der Waals surface area contributed by atoms with Crippen LogP contribution in [-0.2, 0) is 0 Å². The minimum atomic E-state index is -0.548. The van der Waals surface area contributed by atoms with Gasteiger partial charge in [-0.1, -0.05) is 29.8 Å². The van der Waals surface area contributed by atoms with E-state index in [1.807, 2.05) is 30.3 Å². The zero-order chi connectivity index (χ0) is 22.1. The van der Waals surface area contributed by atoms with Crippen LogP contribution in [0.25, 0.3) is 5.69 Å². The molecule has 4 N–H and O–H groups in total. The van der Waals surface area contributed by atoms with E-state index in [4.69, 9.17) is 27.2 Å². The zero-order valence-electron chi connectivity index (χ0n) is 17.6. The van der Waals surface area contributed by atoms with Crippen molar-refractivity contribution in [2.45, 2.75) is 12.5 Å². The van der Waals surface area contributed by atoms with Crippen molar-refractivity contribution in [2.75, 3.05) is 38.0 Å². The lowest BCUT2D eigenvalue weighted by atomic mass is 10.0. The van der Waals surface area contributed by atoms with E-state index >= 15 is 0 Å². The topological polar surface area (TPSA) is 97.4 Å². The molecule has 0 spiro atoms. The summed E-state index contributed by atoms with van der Waals surface area (Å²) in [5.74, 6) is 0.763. The summed E-state index contributed by atoms with van der Waals surface area (Å²) in [5.41, 5.74) is 8.24. The van der Waals surface area contributed by atoms with Crippen LogP contribution in [-0.4, -0.2) is 53.3 Å². The monoisotopic (exact) mass is 452 g/mol. The number of rotatable bonds is 5. The molecule has 0 bridgehead atoms. The van der Waals surface area contributed by atoms with Crippen LogP contribution in [0, 0.1) is 0 Å². The molecule has 3 aromatic rings. The first-order valence-corrected chi connectivity index (χ1v) is 11.1. The molecular formula is C23H25ClN6O2. The summed E-state index contributed by atoms with van der Waals surface area (Å²) >= 11 is 6.62. The van der Waals surface area contributed by atoms with Crippen molar-refractivity contribution in [1.82, 2.24) is 20.0 Å². The van der Waals surface area contributed by atoms with Crippen LogP contribution in [0.2, 0.25) is 5.02 Å². The molecule has 1 fully saturated rings. The summed E-state index contributed by atoms with van der Waals surface area (Å²) in [6.45, 7) is 4.52. The number of amides is 1. The fourth-order valence-electron chi connectivity index (χ4n) is 4.41. The van der Waals surface area contributed by atoms with Gasteiger partial charge in [-0.05, 0) is 30.7 Å². The number of nitrogens with one attached hydrogen (secondary N) is 2. The summed E-state index contributed by atoms with van der Waals surface area (Å²) in [5, 5.41) is 12.0. The van der Waals surface area contributed by atoms with Crippen molar-refractivity contribution in [3.8, 4) is 17.2 Å². The SMILES string of the molecule is NC(=O)c1c2c(nn1-c1ccc(Oc3ccccc3)cc1Cl)C(N1CCNCC1)CCN2. The first-order chi connectivity index (χ1) is 15.6. The Balaban J connectivity index is 1.52. The lowest BCUT2D eigenvalue weighted by molar-refractivity contribution is 0.0993. The van der Waals surface area contributed by atoms with Crippen LogP contribution < -0.4 is 21.1 Å². The van der Waals surface area contributed by atoms with Crippen molar-refractivity contribution in [3.05, 3.63) is 64.9 Å². The number of carbonyl (C=O) groups excluding carboxylic acids is 1. The molecule has 0 radical (unpaired) electrons. The molecule has 0 aliphatic carbocycles. The second kappa shape index (κ2) is 8.82. The average Bonchev–Trinajstić information content (AvgIpc) is 3.20. The highest BCUT2D eigenvalue weighted by atomic mass is 35.5. The molecule has 0 saturated carbocycles. The van der Waals surface area contributed by atoms with Crippen molar-refractivity contribution >= 4 is 23.2 Å². The van der Waals surface area contributed by atoms with Gasteiger partial charge in [0.2, 0.25) is 0 Å². The van der Waals surface area contributed by atoms with Gasteiger partial charge in [0.1, 0.15) is 17.2 Å². The maximum absolute atomic E-state index is 12.5. The lowest BCUT2D eigenvalue weighted by Crippen LogP contribution is -2.46. The molecule has 1 unspecified atom stereocenters. The number of hydrogen-bond donors (Lipinski definition) is 3. The minimum absolute atomic E-state index is 0.132. The number of primary amides is 1. The lowest BCUT2D eigenvalue weighted by Gasteiger charge is -2.36. The predicted octanol–water partition coefficient (Wildman–Crippen LogP) is 3.18. The minimum Gasteiger partial charge on any atom is -0.457 e. The second-order valence-electron chi connectivity index (χ2n) is 7.93. The number of piperazine rings is 1. The average molecular weight is 453 g/mol. The van der Waals surface area contributed by atoms with E-state index in [-0.39, 0.29) is 6.04 Å². The van der Waals surface area contributed by atoms with E-state index in [0.717, 1.165) is 44.8 Å². The van der Waals surface area contributed by atoms with Crippen molar-refractivity contribution < 1.29 is 9.53 Å². The third-order valence-electron chi connectivity index (χ3n) is 5.90. The van der Waals surface area contributed by atoms with Crippen LogP contribution in [0.15, 0.2) is 48.5 Å². The molecule has 1 amide bonds. The summed E-state index contributed by atoms with van der Waals surface area (Å²) in [7, 11) is 0. The van der Waals surface area contributed by atoms with Crippen LogP contribution in [0.1, 0.15) is 28.6 Å². The van der Waals surface area contributed by atoms with E-state index in [1.165, 1.54) is 0 Å². The molecule has 1 atom stereocenters. The smallest absolute Gasteiger partial charge is 0.269 e. The number of hydrogen-bond acceptors (Lipinski definition) is 6. The Morgan fingerprint density at radius 2 is 1.88 bits per heavy atom. The van der Waals surface area contributed by atoms with E-state index in [1.54, 1.807) is 22.9 Å². The highest BCUT2D eigenvalue weighted by Crippen LogP contribution is 2.38. The summed E-state index contributed by atoms with van der Waals surface area (Å²) in [6.07, 6.45) is 0.916. The number of para-hydroxylation sites is 1. The third kappa shape index (κ3) is 3.92. The van der Waals surface area contributed by atoms with Crippen LogP contribution in [0.5, 0.6) is 11.5 Å². The highest BCUT2D eigenvalue weighted by Gasteiger charge is 2.34. The van der Waals surface area contributed by atoms with E-state index in [0.29, 0.717) is 33.6 Å². The number of anilines is 1. The fourth-order valence-corrected chi connectivity index (χ4v) is 4.66. The Labute approximate surface area is 191 Å². The van der Waals surface area contributed by atoms with Crippen molar-refractivity contribution in [2.24, 2.45) is 5.73 Å². The number of nitrogens with zero attached hydrogens (tertiary/aromatic N) is 3. The molecule has 2 aromatic carbocycles. The van der Waals surface area contributed by atoms with Crippen LogP contribution in [0.3, 0.4) is 0 Å². The first-order valence-electron chi connectivity index (χ1n) is 10.8. The summed E-state index contributed by atoms with van der Waals surface area (Å²) < 4.78 is 7.44. The zero-order valence-corrected chi connectivity index (χ0v) is 18.3. The van der Waals surface area contributed by atoms with Gasteiger partial charge in [-0.25, -0.2) is 4.68 Å². The van der Waals surface area contributed by atoms with Gasteiger partial charge < -0.3 is 21.1 Å². The highest BCUT2D eigenvalue weighted by molar-refractivity contribution is 6.32. The van der Waals surface area contributed by atoms with E-state index in [9.17, 15) is 4.79 Å². The van der Waals surface area contributed by atoms with Crippen molar-refractivity contribution in [1.29, 1.82) is 0 Å². The Bertz CT molecular complexity index is 1130. The molecule has 2 aliphatic heterocycles. The quantitative estimate of drug-likeness (QED) is 0.550. The molecule has 3 heterocycles. The summed E-state index contributed by atoms with van der Waals surface area (Å²) in [6, 6.07) is 14.9. The third-order valence-corrected chi connectivity index (χ3v) is 6.20. The number of aromatic nitrogens is 2. The van der Waals surface area contributed by atoms with E-state index < -0.39 is 5.91 Å². The Morgan fingerprint density at radius 1 is 1.09 bits per heavy atom. The first kappa shape index (κ1) is 20.8. The Morgan fingerprint density at radius 3 is 2.59 bits per heavy atom. The Kier molecular flexibility index (Phi) is 5.73. The van der Waals surface area contributed by atoms with Crippen molar-refractivity contribution in [3.63, 3.8) is 0 Å². The number of halogens is 1. The maximum atomic E-state index is 12.5. The van der Waals surface area contributed by atoms with Crippen LogP contribution in [0.4, 0.5) is 5.69 Å². The molecule has 1 saturated heterocycles. The van der Waals surface area contributed by atoms with Crippen LogP contribution >= 0.6 is 11.6 Å². The van der Waals surface area contributed by atoms with Gasteiger partial charge in [0.15, 0.2) is 5.69 Å². The molecule has 2 aliphatic rings. The molecule has 5 rings (SSSR count). The molecule has 1 aromatic heterocycles. The molecule has 9 heteroatoms. The number of ether oxygens (including phenoxy) is 1. The second-order valence-corrected chi connectivity index (χ2v) is 8.34. The number of nitrogens with two attached hydrogens (primary N) is 1. The summed E-state index contributed by atoms with van der Waals surface area (Å²) in [4.78, 5) is 14.9. The number of benzene rings is 2. The molecule has 8 nitrogen and oxygen atoms in total. The van der Waals surface area contributed by atoms with Gasteiger partial charge in [0.25, 0.3) is 5.91 Å². The molecule has 32 heavy (non-hydrogen) atoms. The number of fused-ring (bicyclic) bond motifs is 1. The van der Waals surface area contributed by atoms with Gasteiger partial charge in [-0.15, -0.1) is 0 Å². The van der Waals surface area contributed by atoms with Gasteiger partial charge >= 0.3 is 0 Å². The molecular weight excluding hydrogens is 428 g/mol. The number of carbonyl (C=O) groups is 1. The molecule has 166 valence electrons. The Hall–Kier alpha value is -3.07. The maximum Gasteiger partial charge on any atom is 0.269 e. The normalized spacial score (nSPS) is 18.6. The van der Waals surface area contributed by atoms with Gasteiger partial charge in [-0.2, -0.15) is 5.10 Å². The fraction of sp³-hybridized carbons (Fsp3) is 0.304. The van der Waals surface area contributed by atoms with E-state index in [2.05, 4.69) is 15.5 Å². The standard InChI is InChI=1S/C23H25ClN6O2/c24-17-14-16(32-15-4-2-1-3-5-15)6-7-18(17)30-22(23(25)31)21-20(28-30)19(8-9-27-21)29-12-10-26-11-13-29/h1-7,14,19,26-27H,8-13H2,(H2,25,31).